The van der Waals surface area contributed by atoms with Crippen LogP contribution in [-0.2, 0) is 7.05 Å². The molecule has 1 aromatic heterocycles. The fourth-order valence-corrected chi connectivity index (χ4v) is 2.32. The van der Waals surface area contributed by atoms with Crippen molar-refractivity contribution in [2.45, 2.75) is 19.4 Å². The largest absolute Gasteiger partial charge is 0.334 e. The highest BCUT2D eigenvalue weighted by Gasteiger charge is 2.34. The highest BCUT2D eigenvalue weighted by atomic mass is 16.2. The molecule has 2 heterocycles. The predicted octanol–water partition coefficient (Wildman–Crippen LogP) is 0.229. The first-order valence-electron chi connectivity index (χ1n) is 5.63. The molecule has 1 fully saturated rings. The van der Waals surface area contributed by atoms with Crippen LogP contribution < -0.4 is 5.73 Å². The molecule has 0 aromatic carbocycles. The molecule has 5 nitrogen and oxygen atoms in total. The number of nitrogens with zero attached hydrogens (tertiary/aromatic N) is 3. The number of hydrogen-bond acceptors (Lipinski definition) is 3. The molecule has 0 saturated carbocycles. The minimum atomic E-state index is 0.0490. The van der Waals surface area contributed by atoms with Crippen molar-refractivity contribution in [1.29, 1.82) is 0 Å². The summed E-state index contributed by atoms with van der Waals surface area (Å²) >= 11 is 0. The van der Waals surface area contributed by atoms with Gasteiger partial charge in [-0.05, 0) is 12.3 Å². The quantitative estimate of drug-likeness (QED) is 0.779. The van der Waals surface area contributed by atoms with E-state index in [-0.39, 0.29) is 11.9 Å². The van der Waals surface area contributed by atoms with Gasteiger partial charge in [-0.1, -0.05) is 6.92 Å². The monoisotopic (exact) mass is 222 g/mol. The van der Waals surface area contributed by atoms with E-state index < -0.39 is 0 Å². The van der Waals surface area contributed by atoms with Crippen LogP contribution in [0.25, 0.3) is 0 Å². The number of likely N-dealkylation sites (tertiary alicyclic amines) is 1. The highest BCUT2D eigenvalue weighted by Crippen LogP contribution is 2.24. The molecule has 0 bridgehead atoms. The average molecular weight is 222 g/mol. The molecule has 5 heteroatoms. The van der Waals surface area contributed by atoms with E-state index in [0.717, 1.165) is 13.0 Å². The van der Waals surface area contributed by atoms with Crippen LogP contribution in [0.2, 0.25) is 0 Å². The lowest BCUT2D eigenvalue weighted by Gasteiger charge is -2.25. The fraction of sp³-hybridized carbons (Fsp3) is 0.636. The number of aromatic nitrogens is 2. The summed E-state index contributed by atoms with van der Waals surface area (Å²) in [6.45, 7) is 3.48. The Hall–Kier alpha value is -1.36. The summed E-state index contributed by atoms with van der Waals surface area (Å²) in [5.41, 5.74) is 6.37. The predicted molar refractivity (Wildman–Crippen MR) is 60.9 cm³/mol. The molecular formula is C11H18N4O. The van der Waals surface area contributed by atoms with Crippen LogP contribution in [0.4, 0.5) is 0 Å². The number of rotatable bonds is 2. The number of carbonyl (C=O) groups is 1. The highest BCUT2D eigenvalue weighted by molar-refractivity contribution is 5.94. The minimum absolute atomic E-state index is 0.0490. The van der Waals surface area contributed by atoms with Crippen LogP contribution in [0.15, 0.2) is 12.4 Å². The summed E-state index contributed by atoms with van der Waals surface area (Å²) in [6, 6.07) is 0.174. The molecule has 1 amide bonds. The van der Waals surface area contributed by atoms with Gasteiger partial charge < -0.3 is 10.6 Å². The molecule has 16 heavy (non-hydrogen) atoms. The molecule has 1 saturated heterocycles. The summed E-state index contributed by atoms with van der Waals surface area (Å²) in [5.74, 6) is 0.540. The van der Waals surface area contributed by atoms with E-state index in [1.54, 1.807) is 17.1 Å². The SMILES string of the molecule is CC1CCN(C(=O)c2cnn(C)c2)C1CN. The van der Waals surface area contributed by atoms with Crippen molar-refractivity contribution in [3.05, 3.63) is 18.0 Å². The van der Waals surface area contributed by atoms with E-state index in [0.29, 0.717) is 18.0 Å². The van der Waals surface area contributed by atoms with Crippen molar-refractivity contribution in [3.8, 4) is 0 Å². The molecule has 0 spiro atoms. The molecule has 2 N–H and O–H groups in total. The minimum Gasteiger partial charge on any atom is -0.334 e. The molecule has 0 radical (unpaired) electrons. The van der Waals surface area contributed by atoms with E-state index >= 15 is 0 Å². The van der Waals surface area contributed by atoms with E-state index in [4.69, 9.17) is 5.73 Å². The Morgan fingerprint density at radius 3 is 3.00 bits per heavy atom. The maximum absolute atomic E-state index is 12.2. The Labute approximate surface area is 95.2 Å². The lowest BCUT2D eigenvalue weighted by Crippen LogP contribution is -2.42. The summed E-state index contributed by atoms with van der Waals surface area (Å²) in [6.07, 6.45) is 4.39. The molecule has 2 atom stereocenters. The smallest absolute Gasteiger partial charge is 0.257 e. The van der Waals surface area contributed by atoms with Crippen LogP contribution in [-0.4, -0.2) is 39.7 Å². The van der Waals surface area contributed by atoms with Crippen molar-refractivity contribution in [2.24, 2.45) is 18.7 Å². The average Bonchev–Trinajstić information content (AvgIpc) is 2.83. The molecule has 0 aliphatic carbocycles. The third-order valence-electron chi connectivity index (χ3n) is 3.34. The Bertz CT molecular complexity index is 387. The van der Waals surface area contributed by atoms with Gasteiger partial charge in [-0.15, -0.1) is 0 Å². The van der Waals surface area contributed by atoms with Gasteiger partial charge in [0, 0.05) is 32.4 Å². The van der Waals surface area contributed by atoms with Gasteiger partial charge in [-0.2, -0.15) is 5.10 Å². The second-order valence-corrected chi connectivity index (χ2v) is 4.47. The van der Waals surface area contributed by atoms with Gasteiger partial charge in [0.05, 0.1) is 11.8 Å². The van der Waals surface area contributed by atoms with Crippen LogP contribution in [0.5, 0.6) is 0 Å². The molecule has 2 unspecified atom stereocenters. The number of aryl methyl sites for hydroxylation is 1. The Morgan fingerprint density at radius 2 is 2.44 bits per heavy atom. The van der Waals surface area contributed by atoms with Gasteiger partial charge in [0.1, 0.15) is 0 Å². The van der Waals surface area contributed by atoms with Crippen LogP contribution in [0.3, 0.4) is 0 Å². The zero-order valence-corrected chi connectivity index (χ0v) is 9.76. The molecule has 1 aromatic rings. The van der Waals surface area contributed by atoms with Crippen LogP contribution in [0, 0.1) is 5.92 Å². The van der Waals surface area contributed by atoms with Gasteiger partial charge in [-0.3, -0.25) is 9.48 Å². The fourth-order valence-electron chi connectivity index (χ4n) is 2.32. The number of amides is 1. The lowest BCUT2D eigenvalue weighted by atomic mass is 10.0. The Morgan fingerprint density at radius 1 is 1.69 bits per heavy atom. The number of carbonyl (C=O) groups excluding carboxylic acids is 1. The summed E-state index contributed by atoms with van der Waals surface area (Å²) in [4.78, 5) is 14.1. The molecule has 1 aliphatic rings. The topological polar surface area (TPSA) is 64.2 Å². The van der Waals surface area contributed by atoms with Crippen molar-refractivity contribution in [2.75, 3.05) is 13.1 Å². The molecular weight excluding hydrogens is 204 g/mol. The maximum Gasteiger partial charge on any atom is 0.257 e. The van der Waals surface area contributed by atoms with Gasteiger partial charge in [0.15, 0.2) is 0 Å². The zero-order chi connectivity index (χ0) is 11.7. The van der Waals surface area contributed by atoms with Crippen molar-refractivity contribution < 1.29 is 4.79 Å². The number of hydrogen-bond donors (Lipinski definition) is 1. The van der Waals surface area contributed by atoms with Crippen molar-refractivity contribution in [1.82, 2.24) is 14.7 Å². The van der Waals surface area contributed by atoms with E-state index in [9.17, 15) is 4.79 Å². The normalized spacial score (nSPS) is 25.1. The zero-order valence-electron chi connectivity index (χ0n) is 9.76. The van der Waals surface area contributed by atoms with E-state index in [1.165, 1.54) is 0 Å². The molecule has 2 rings (SSSR count). The summed E-state index contributed by atoms with van der Waals surface area (Å²) in [5, 5.41) is 4.02. The van der Waals surface area contributed by atoms with Crippen LogP contribution >= 0.6 is 0 Å². The third-order valence-corrected chi connectivity index (χ3v) is 3.34. The first-order chi connectivity index (χ1) is 7.63. The lowest BCUT2D eigenvalue weighted by molar-refractivity contribution is 0.0727. The standard InChI is InChI=1S/C11H18N4O/c1-8-3-4-15(10(8)5-12)11(16)9-6-13-14(2)7-9/h6-8,10H,3-5,12H2,1-2H3. The first kappa shape index (κ1) is 11.1. The van der Waals surface area contributed by atoms with Crippen LogP contribution in [0.1, 0.15) is 23.7 Å². The summed E-state index contributed by atoms with van der Waals surface area (Å²) in [7, 11) is 1.81. The van der Waals surface area contributed by atoms with E-state index in [2.05, 4.69) is 12.0 Å². The van der Waals surface area contributed by atoms with Gasteiger partial charge >= 0.3 is 0 Å². The first-order valence-corrected chi connectivity index (χ1v) is 5.63. The molecule has 88 valence electrons. The Balaban J connectivity index is 2.16. The van der Waals surface area contributed by atoms with Gasteiger partial charge in [0.2, 0.25) is 0 Å². The second-order valence-electron chi connectivity index (χ2n) is 4.47. The van der Waals surface area contributed by atoms with Crippen molar-refractivity contribution in [3.63, 3.8) is 0 Å². The second kappa shape index (κ2) is 4.25. The van der Waals surface area contributed by atoms with Gasteiger partial charge in [0.25, 0.3) is 5.91 Å². The third kappa shape index (κ3) is 1.82. The van der Waals surface area contributed by atoms with Gasteiger partial charge in [-0.25, -0.2) is 0 Å². The molecule has 1 aliphatic heterocycles. The van der Waals surface area contributed by atoms with E-state index in [1.807, 2.05) is 11.9 Å². The number of nitrogens with two attached hydrogens (primary N) is 1. The Kier molecular flexibility index (Phi) is 2.96. The maximum atomic E-state index is 12.2. The van der Waals surface area contributed by atoms with Crippen molar-refractivity contribution >= 4 is 5.91 Å². The summed E-state index contributed by atoms with van der Waals surface area (Å²) < 4.78 is 1.64.